The lowest BCUT2D eigenvalue weighted by Crippen LogP contribution is -2.39. The maximum atomic E-state index is 13.1. The summed E-state index contributed by atoms with van der Waals surface area (Å²) in [6, 6.07) is 7.10. The molecule has 2 aromatic rings. The smallest absolute Gasteiger partial charge is 0.407 e. The van der Waals surface area contributed by atoms with Gasteiger partial charge in [0.15, 0.2) is 5.69 Å². The Bertz CT molecular complexity index is 914. The van der Waals surface area contributed by atoms with Crippen LogP contribution in [0.25, 0.3) is 0 Å². The molecule has 0 radical (unpaired) electrons. The van der Waals surface area contributed by atoms with Crippen LogP contribution >= 0.6 is 0 Å². The molecule has 2 heterocycles. The number of rotatable bonds is 6. The van der Waals surface area contributed by atoms with Crippen molar-refractivity contribution in [3.8, 4) is 5.75 Å². The number of halogens is 1. The maximum absolute atomic E-state index is 13.1. The summed E-state index contributed by atoms with van der Waals surface area (Å²) < 4.78 is 29.3. The predicted octanol–water partition coefficient (Wildman–Crippen LogP) is 3.37. The Labute approximate surface area is 172 Å². The van der Waals surface area contributed by atoms with Crippen molar-refractivity contribution in [1.82, 2.24) is 10.1 Å². The fraction of sp³-hybridized carbons (Fsp3) is 0.476. The number of aromatic nitrogens is 1. The van der Waals surface area contributed by atoms with Crippen molar-refractivity contribution in [2.45, 2.75) is 38.3 Å². The zero-order valence-electron chi connectivity index (χ0n) is 16.5. The van der Waals surface area contributed by atoms with Gasteiger partial charge in [-0.25, -0.2) is 14.0 Å². The minimum absolute atomic E-state index is 0.0614. The van der Waals surface area contributed by atoms with Crippen LogP contribution in [0.4, 0.5) is 9.18 Å². The average Bonchev–Trinajstić information content (AvgIpc) is 3.40. The van der Waals surface area contributed by atoms with Crippen LogP contribution in [0.2, 0.25) is 0 Å². The van der Waals surface area contributed by atoms with Gasteiger partial charge in [-0.05, 0) is 55.9 Å². The van der Waals surface area contributed by atoms with E-state index in [-0.39, 0.29) is 42.1 Å². The fourth-order valence-electron chi connectivity index (χ4n) is 4.60. The van der Waals surface area contributed by atoms with Crippen molar-refractivity contribution < 1.29 is 33.1 Å². The number of carbonyl (C=O) groups excluding carboxylic acids is 1. The summed E-state index contributed by atoms with van der Waals surface area (Å²) >= 11 is 0. The highest BCUT2D eigenvalue weighted by molar-refractivity contribution is 5.87. The Hall–Kier alpha value is -3.10. The van der Waals surface area contributed by atoms with E-state index < -0.39 is 12.1 Å². The third-order valence-corrected chi connectivity index (χ3v) is 5.85. The molecule has 1 N–H and O–H groups in total. The number of hydrogen-bond acceptors (Lipinski definition) is 6. The van der Waals surface area contributed by atoms with Crippen LogP contribution in [0.15, 0.2) is 34.9 Å². The van der Waals surface area contributed by atoms with Crippen LogP contribution in [-0.4, -0.2) is 52.5 Å². The Balaban J connectivity index is 1.45. The number of benzene rings is 1. The highest BCUT2D eigenvalue weighted by Crippen LogP contribution is 2.44. The van der Waals surface area contributed by atoms with Gasteiger partial charge >= 0.3 is 12.1 Å². The predicted molar refractivity (Wildman–Crippen MR) is 102 cm³/mol. The molecule has 1 saturated heterocycles. The van der Waals surface area contributed by atoms with Crippen LogP contribution in [0.1, 0.15) is 36.0 Å². The number of nitrogens with zero attached hydrogens (tertiary/aromatic N) is 2. The molecule has 4 atom stereocenters. The number of hydrogen-bond donors (Lipinski definition) is 1. The van der Waals surface area contributed by atoms with Crippen LogP contribution < -0.4 is 4.74 Å². The van der Waals surface area contributed by atoms with Gasteiger partial charge in [0.05, 0.1) is 12.7 Å². The lowest BCUT2D eigenvalue weighted by Gasteiger charge is -2.25. The Morgan fingerprint density at radius 1 is 1.30 bits per heavy atom. The van der Waals surface area contributed by atoms with Gasteiger partial charge in [0, 0.05) is 25.1 Å². The van der Waals surface area contributed by atoms with Crippen molar-refractivity contribution in [1.29, 1.82) is 0 Å². The molecule has 0 spiro atoms. The van der Waals surface area contributed by atoms with E-state index in [4.69, 9.17) is 14.0 Å². The van der Waals surface area contributed by atoms with E-state index in [9.17, 15) is 19.1 Å². The van der Waals surface area contributed by atoms with E-state index in [0.717, 1.165) is 6.42 Å². The first kappa shape index (κ1) is 20.2. The summed E-state index contributed by atoms with van der Waals surface area (Å²) in [6.07, 6.45) is 0.704. The van der Waals surface area contributed by atoms with E-state index in [0.29, 0.717) is 30.9 Å². The van der Waals surface area contributed by atoms with Gasteiger partial charge in [0.2, 0.25) is 0 Å². The second-order valence-electron chi connectivity index (χ2n) is 7.69. The number of carboxylic acid groups (broad SMARTS) is 1. The van der Waals surface area contributed by atoms with E-state index in [1.54, 1.807) is 19.1 Å². The molecule has 1 aromatic carbocycles. The topological polar surface area (TPSA) is 102 Å². The maximum Gasteiger partial charge on any atom is 0.407 e. The molecule has 0 bridgehead atoms. The molecule has 2 aliphatic rings. The molecule has 1 saturated carbocycles. The van der Waals surface area contributed by atoms with Gasteiger partial charge in [-0.3, -0.25) is 0 Å². The fourth-order valence-corrected chi connectivity index (χ4v) is 4.60. The summed E-state index contributed by atoms with van der Waals surface area (Å²) in [6.45, 7) is 2.36. The monoisotopic (exact) mass is 418 g/mol. The molecule has 9 heteroatoms. The largest absolute Gasteiger partial charge is 0.490 e. The average molecular weight is 418 g/mol. The molecule has 1 aliphatic carbocycles. The van der Waals surface area contributed by atoms with Crippen molar-refractivity contribution in [3.05, 3.63) is 47.6 Å². The Morgan fingerprint density at radius 3 is 2.77 bits per heavy atom. The summed E-state index contributed by atoms with van der Waals surface area (Å²) in [5.74, 6) is 0.421. The van der Waals surface area contributed by atoms with E-state index in [2.05, 4.69) is 5.16 Å². The van der Waals surface area contributed by atoms with Gasteiger partial charge in [0.1, 0.15) is 17.3 Å². The summed E-state index contributed by atoms with van der Waals surface area (Å²) in [7, 11) is 0. The first-order valence-electron chi connectivity index (χ1n) is 9.99. The van der Waals surface area contributed by atoms with Crippen molar-refractivity contribution in [2.75, 3.05) is 13.2 Å². The lowest BCUT2D eigenvalue weighted by molar-refractivity contribution is 0.0514. The van der Waals surface area contributed by atoms with Gasteiger partial charge in [-0.15, -0.1) is 0 Å². The van der Waals surface area contributed by atoms with Gasteiger partial charge in [0.25, 0.3) is 0 Å². The molecular weight excluding hydrogens is 395 g/mol. The van der Waals surface area contributed by atoms with Crippen molar-refractivity contribution >= 4 is 12.1 Å². The number of esters is 1. The number of carbonyl (C=O) groups is 2. The molecule has 1 amide bonds. The first-order chi connectivity index (χ1) is 14.4. The second-order valence-corrected chi connectivity index (χ2v) is 7.69. The minimum Gasteiger partial charge on any atom is -0.490 e. The number of likely N-dealkylation sites (tertiary alicyclic amines) is 1. The summed E-state index contributed by atoms with van der Waals surface area (Å²) in [5, 5.41) is 13.4. The van der Waals surface area contributed by atoms with Gasteiger partial charge in [-0.1, -0.05) is 5.16 Å². The molecule has 160 valence electrons. The number of ether oxygens (including phenoxy) is 2. The van der Waals surface area contributed by atoms with Crippen LogP contribution in [-0.2, 0) is 11.2 Å². The third-order valence-electron chi connectivity index (χ3n) is 5.85. The third kappa shape index (κ3) is 4.10. The van der Waals surface area contributed by atoms with E-state index in [1.807, 2.05) is 0 Å². The van der Waals surface area contributed by atoms with Crippen LogP contribution in [0.5, 0.6) is 5.75 Å². The minimum atomic E-state index is -0.976. The van der Waals surface area contributed by atoms with Gasteiger partial charge < -0.3 is 24.0 Å². The highest BCUT2D eigenvalue weighted by Gasteiger charge is 2.50. The Morgan fingerprint density at radius 2 is 2.07 bits per heavy atom. The zero-order valence-corrected chi connectivity index (χ0v) is 16.5. The van der Waals surface area contributed by atoms with Crippen LogP contribution in [0, 0.1) is 17.7 Å². The highest BCUT2D eigenvalue weighted by atomic mass is 19.1. The molecule has 4 rings (SSSR count). The normalized spacial score (nSPS) is 25.2. The number of amides is 1. The molecule has 8 nitrogen and oxygen atoms in total. The van der Waals surface area contributed by atoms with E-state index >= 15 is 0 Å². The molecule has 1 aliphatic heterocycles. The second kappa shape index (κ2) is 8.33. The molecule has 2 fully saturated rings. The van der Waals surface area contributed by atoms with E-state index in [1.165, 1.54) is 23.1 Å². The Kier molecular flexibility index (Phi) is 5.61. The SMILES string of the molecule is CCOC(=O)c1cc(CC2[C@H]3C[C@@H](Oc4ccc(F)cc4)C[C@H]3CN2C(=O)O)on1. The van der Waals surface area contributed by atoms with Crippen molar-refractivity contribution in [3.63, 3.8) is 0 Å². The standard InChI is InChI=1S/C21H23FN2O6/c1-2-28-20(25)18-9-16(30-23-18)10-19-17-8-15(7-12(17)11-24(19)21(26)27)29-14-5-3-13(22)4-6-14/h3-6,9,12,15,17,19H,2,7-8,10-11H2,1H3,(H,26,27)/t12-,15-,17-,19?/m0/s1. The summed E-state index contributed by atoms with van der Waals surface area (Å²) in [5.41, 5.74) is 0.0761. The van der Waals surface area contributed by atoms with Gasteiger partial charge in [-0.2, -0.15) is 0 Å². The summed E-state index contributed by atoms with van der Waals surface area (Å²) in [4.78, 5) is 25.0. The lowest BCUT2D eigenvalue weighted by atomic mass is 9.91. The molecule has 1 unspecified atom stereocenters. The molecule has 1 aromatic heterocycles. The molecule has 30 heavy (non-hydrogen) atoms. The zero-order chi connectivity index (χ0) is 21.3. The molecular formula is C21H23FN2O6. The van der Waals surface area contributed by atoms with Crippen LogP contribution in [0.3, 0.4) is 0 Å². The quantitative estimate of drug-likeness (QED) is 0.718. The number of fused-ring (bicyclic) bond motifs is 1. The first-order valence-corrected chi connectivity index (χ1v) is 9.99. The van der Waals surface area contributed by atoms with Crippen molar-refractivity contribution in [2.24, 2.45) is 11.8 Å².